The third kappa shape index (κ3) is 6.44. The number of hydrogen-bond acceptors (Lipinski definition) is 5. The van der Waals surface area contributed by atoms with E-state index in [1.807, 2.05) is 0 Å². The van der Waals surface area contributed by atoms with Crippen LogP contribution in [0.5, 0.6) is 0 Å². The average molecular weight is 430 g/mol. The molecule has 3 unspecified atom stereocenters. The van der Waals surface area contributed by atoms with Crippen LogP contribution in [0.15, 0.2) is 0 Å². The molecule has 1 saturated carbocycles. The fraction of sp³-hybridized carbons (Fsp3) is 0.812. The molecular formula is C16H23Cl3N2O5. The number of halogens is 3. The molecule has 2 aliphatic rings. The number of aliphatic hydroxyl groups is 1. The molecule has 1 aliphatic carbocycles. The van der Waals surface area contributed by atoms with E-state index in [0.29, 0.717) is 19.4 Å². The van der Waals surface area contributed by atoms with E-state index in [4.69, 9.17) is 39.5 Å². The Morgan fingerprint density at radius 2 is 1.92 bits per heavy atom. The second kappa shape index (κ2) is 8.95. The van der Waals surface area contributed by atoms with Crippen molar-refractivity contribution in [3.05, 3.63) is 0 Å². The number of hydrogen-bond donors (Lipinski definition) is 2. The van der Waals surface area contributed by atoms with Crippen molar-refractivity contribution in [1.29, 1.82) is 0 Å². The Kier molecular flexibility index (Phi) is 7.42. The number of carbonyl (C=O) groups excluding carboxylic acids is 3. The van der Waals surface area contributed by atoms with Gasteiger partial charge in [0.15, 0.2) is 0 Å². The number of rotatable bonds is 6. The summed E-state index contributed by atoms with van der Waals surface area (Å²) in [5.74, 6) is -1.87. The van der Waals surface area contributed by atoms with E-state index in [1.54, 1.807) is 6.92 Å². The molecule has 3 atom stereocenters. The van der Waals surface area contributed by atoms with Crippen molar-refractivity contribution in [2.75, 3.05) is 19.7 Å². The van der Waals surface area contributed by atoms with Gasteiger partial charge in [0.2, 0.25) is 15.6 Å². The minimum atomic E-state index is -1.68. The van der Waals surface area contributed by atoms with Crippen molar-refractivity contribution in [2.45, 2.75) is 48.5 Å². The van der Waals surface area contributed by atoms with Crippen molar-refractivity contribution in [3.63, 3.8) is 0 Å². The van der Waals surface area contributed by atoms with E-state index in [-0.39, 0.29) is 25.0 Å². The Balaban J connectivity index is 1.84. The molecule has 2 amide bonds. The number of nitrogens with one attached hydrogen (secondary N) is 1. The van der Waals surface area contributed by atoms with E-state index in [9.17, 15) is 19.5 Å². The minimum Gasteiger partial charge on any atom is -0.461 e. The first-order valence-corrected chi connectivity index (χ1v) is 9.72. The number of piperidine rings is 1. The molecular weight excluding hydrogens is 407 g/mol. The van der Waals surface area contributed by atoms with Crippen molar-refractivity contribution in [1.82, 2.24) is 10.2 Å². The van der Waals surface area contributed by atoms with Crippen LogP contribution >= 0.6 is 34.8 Å². The minimum absolute atomic E-state index is 0.00985. The molecule has 2 fully saturated rings. The van der Waals surface area contributed by atoms with Crippen LogP contribution in [0.25, 0.3) is 0 Å². The van der Waals surface area contributed by atoms with E-state index < -0.39 is 33.7 Å². The van der Waals surface area contributed by atoms with Gasteiger partial charge in [0.05, 0.1) is 5.92 Å². The number of aliphatic hydroxyl groups excluding tert-OH is 1. The molecule has 1 aliphatic heterocycles. The van der Waals surface area contributed by atoms with Gasteiger partial charge in [-0.2, -0.15) is 0 Å². The SMILES string of the molecule is CC(NC(=O)C(O)C1CC1)C(=O)N1CCCC(C(=O)OCC(Cl)(Cl)Cl)C1. The van der Waals surface area contributed by atoms with Crippen molar-refractivity contribution >= 4 is 52.6 Å². The molecule has 0 aromatic heterocycles. The second-order valence-electron chi connectivity index (χ2n) is 6.86. The lowest BCUT2D eigenvalue weighted by Crippen LogP contribution is -2.52. The number of alkyl halides is 3. The van der Waals surface area contributed by atoms with E-state index >= 15 is 0 Å². The number of likely N-dealkylation sites (tertiary alicyclic amines) is 1. The van der Waals surface area contributed by atoms with Crippen molar-refractivity contribution in [2.24, 2.45) is 11.8 Å². The number of nitrogens with zero attached hydrogens (tertiary/aromatic N) is 1. The first-order chi connectivity index (χ1) is 12.1. The van der Waals surface area contributed by atoms with E-state index in [1.165, 1.54) is 4.90 Å². The third-order valence-corrected chi connectivity index (χ3v) is 4.84. The lowest BCUT2D eigenvalue weighted by Gasteiger charge is -2.33. The third-order valence-electron chi connectivity index (χ3n) is 4.51. The van der Waals surface area contributed by atoms with Gasteiger partial charge in [0.25, 0.3) is 0 Å². The predicted molar refractivity (Wildman–Crippen MR) is 96.9 cm³/mol. The van der Waals surface area contributed by atoms with E-state index in [0.717, 1.165) is 12.8 Å². The summed E-state index contributed by atoms with van der Waals surface area (Å²) in [6, 6.07) is -0.785. The van der Waals surface area contributed by atoms with Crippen LogP contribution in [-0.2, 0) is 19.1 Å². The van der Waals surface area contributed by atoms with Crippen molar-refractivity contribution < 1.29 is 24.2 Å². The number of amides is 2. The Morgan fingerprint density at radius 1 is 1.27 bits per heavy atom. The van der Waals surface area contributed by atoms with Gasteiger partial charge < -0.3 is 20.1 Å². The van der Waals surface area contributed by atoms with Crippen LogP contribution in [0.3, 0.4) is 0 Å². The Labute approximate surface area is 167 Å². The Bertz CT molecular complexity index is 550. The molecule has 2 N–H and O–H groups in total. The first kappa shape index (κ1) is 21.5. The summed E-state index contributed by atoms with van der Waals surface area (Å²) < 4.78 is 3.31. The van der Waals surface area contributed by atoms with E-state index in [2.05, 4.69) is 5.32 Å². The Hall–Kier alpha value is -0.760. The number of esters is 1. The molecule has 7 nitrogen and oxygen atoms in total. The monoisotopic (exact) mass is 428 g/mol. The molecule has 0 bridgehead atoms. The zero-order valence-electron chi connectivity index (χ0n) is 14.4. The smallest absolute Gasteiger partial charge is 0.310 e. The van der Waals surface area contributed by atoms with Crippen LogP contribution in [0.1, 0.15) is 32.6 Å². The maximum atomic E-state index is 12.5. The molecule has 1 heterocycles. The quantitative estimate of drug-likeness (QED) is 0.492. The fourth-order valence-electron chi connectivity index (χ4n) is 2.90. The fourth-order valence-corrected chi connectivity index (χ4v) is 3.06. The zero-order valence-corrected chi connectivity index (χ0v) is 16.7. The van der Waals surface area contributed by atoms with Gasteiger partial charge in [-0.1, -0.05) is 34.8 Å². The maximum Gasteiger partial charge on any atom is 0.310 e. The molecule has 26 heavy (non-hydrogen) atoms. The molecule has 10 heteroatoms. The average Bonchev–Trinajstić information content (AvgIpc) is 3.42. The number of carbonyl (C=O) groups is 3. The molecule has 0 aromatic carbocycles. The van der Waals surface area contributed by atoms with Crippen LogP contribution in [0.2, 0.25) is 0 Å². The highest BCUT2D eigenvalue weighted by Gasteiger charge is 2.37. The maximum absolute atomic E-state index is 12.5. The largest absolute Gasteiger partial charge is 0.461 e. The molecule has 0 spiro atoms. The summed E-state index contributed by atoms with van der Waals surface area (Å²) in [5, 5.41) is 12.3. The molecule has 0 aromatic rings. The zero-order chi connectivity index (χ0) is 19.5. The standard InChI is InChI=1S/C16H23Cl3N2O5/c1-9(20-13(23)12(22)10-4-5-10)14(24)21-6-2-3-11(7-21)15(25)26-8-16(17,18)19/h9-12,22H,2-8H2,1H3,(H,20,23). The van der Waals surface area contributed by atoms with Gasteiger partial charge in [-0.15, -0.1) is 0 Å². The molecule has 0 radical (unpaired) electrons. The topological polar surface area (TPSA) is 95.9 Å². The second-order valence-corrected chi connectivity index (χ2v) is 9.37. The lowest BCUT2D eigenvalue weighted by molar-refractivity contribution is -0.152. The highest BCUT2D eigenvalue weighted by Crippen LogP contribution is 2.32. The summed E-state index contributed by atoms with van der Waals surface area (Å²) in [6.07, 6.45) is 1.77. The molecule has 1 saturated heterocycles. The van der Waals surface area contributed by atoms with Crippen molar-refractivity contribution in [3.8, 4) is 0 Å². The van der Waals surface area contributed by atoms with Gasteiger partial charge in [0, 0.05) is 13.1 Å². The normalized spacial score (nSPS) is 23.1. The van der Waals surface area contributed by atoms with Gasteiger partial charge in [-0.25, -0.2) is 0 Å². The highest BCUT2D eigenvalue weighted by atomic mass is 35.6. The summed E-state index contributed by atoms with van der Waals surface area (Å²) in [4.78, 5) is 38.1. The number of ether oxygens (including phenoxy) is 1. The molecule has 2 rings (SSSR count). The first-order valence-electron chi connectivity index (χ1n) is 8.59. The van der Waals surface area contributed by atoms with Gasteiger partial charge >= 0.3 is 5.97 Å². The molecule has 148 valence electrons. The summed E-state index contributed by atoms with van der Waals surface area (Å²) >= 11 is 16.7. The summed E-state index contributed by atoms with van der Waals surface area (Å²) in [6.45, 7) is 1.87. The van der Waals surface area contributed by atoms with Gasteiger partial charge in [-0.05, 0) is 38.5 Å². The van der Waals surface area contributed by atoms with Crippen LogP contribution in [-0.4, -0.2) is 63.4 Å². The van der Waals surface area contributed by atoms with Crippen LogP contribution in [0, 0.1) is 11.8 Å². The van der Waals surface area contributed by atoms with Gasteiger partial charge in [0.1, 0.15) is 18.8 Å². The predicted octanol–water partition coefficient (Wildman–Crippen LogP) is 1.41. The lowest BCUT2D eigenvalue weighted by atomic mass is 9.97. The summed E-state index contributed by atoms with van der Waals surface area (Å²) in [5.41, 5.74) is 0. The van der Waals surface area contributed by atoms with Gasteiger partial charge in [-0.3, -0.25) is 14.4 Å². The van der Waals surface area contributed by atoms with Crippen LogP contribution in [0.4, 0.5) is 0 Å². The van der Waals surface area contributed by atoms with Crippen LogP contribution < -0.4 is 5.32 Å². The Morgan fingerprint density at radius 3 is 2.50 bits per heavy atom. The highest BCUT2D eigenvalue weighted by molar-refractivity contribution is 6.67. The summed E-state index contributed by atoms with van der Waals surface area (Å²) in [7, 11) is 0.